The first-order valence-electron chi connectivity index (χ1n) is 5.36. The highest BCUT2D eigenvalue weighted by atomic mass is 35.5. The van der Waals surface area contributed by atoms with Crippen molar-refractivity contribution in [2.45, 2.75) is 25.2 Å². The van der Waals surface area contributed by atoms with Crippen LogP contribution in [0.5, 0.6) is 0 Å². The van der Waals surface area contributed by atoms with Crippen LogP contribution < -0.4 is 5.73 Å². The van der Waals surface area contributed by atoms with Gasteiger partial charge in [-0.25, -0.2) is 8.78 Å². The average molecular weight is 246 g/mol. The molecule has 0 aromatic heterocycles. The predicted molar refractivity (Wildman–Crippen MR) is 60.7 cm³/mol. The van der Waals surface area contributed by atoms with Crippen LogP contribution in [-0.2, 0) is 5.92 Å². The molecule has 1 nitrogen and oxygen atoms in total. The van der Waals surface area contributed by atoms with E-state index in [0.717, 1.165) is 6.42 Å². The monoisotopic (exact) mass is 245 g/mol. The summed E-state index contributed by atoms with van der Waals surface area (Å²) < 4.78 is 28.6. The van der Waals surface area contributed by atoms with E-state index in [2.05, 4.69) is 0 Å². The van der Waals surface area contributed by atoms with Crippen LogP contribution in [0.1, 0.15) is 24.8 Å². The minimum atomic E-state index is -2.88. The maximum absolute atomic E-state index is 14.3. The maximum Gasteiger partial charge on any atom is 0.279 e. The molecule has 4 heteroatoms. The zero-order valence-corrected chi connectivity index (χ0v) is 9.61. The summed E-state index contributed by atoms with van der Waals surface area (Å²) in [5, 5.41) is 0.337. The first kappa shape index (κ1) is 11.8. The Balaban J connectivity index is 2.37. The molecule has 1 saturated carbocycles. The SMILES string of the molecule is NCC1(C(F)(F)c2cccc(Cl)c2)CCC1. The van der Waals surface area contributed by atoms with E-state index in [1.165, 1.54) is 12.1 Å². The van der Waals surface area contributed by atoms with E-state index < -0.39 is 11.3 Å². The molecule has 0 amide bonds. The van der Waals surface area contributed by atoms with Crippen molar-refractivity contribution in [3.8, 4) is 0 Å². The zero-order valence-electron chi connectivity index (χ0n) is 8.85. The molecular formula is C12H14ClF2N. The molecule has 1 aromatic carbocycles. The second-order valence-corrected chi connectivity index (χ2v) is 4.86. The smallest absolute Gasteiger partial charge is 0.279 e. The molecular weight excluding hydrogens is 232 g/mol. The van der Waals surface area contributed by atoms with Gasteiger partial charge in [-0.2, -0.15) is 0 Å². The fraction of sp³-hybridized carbons (Fsp3) is 0.500. The minimum absolute atomic E-state index is 0.0204. The summed E-state index contributed by atoms with van der Waals surface area (Å²) in [6.45, 7) is 0.0204. The normalized spacial score (nSPS) is 19.2. The van der Waals surface area contributed by atoms with Crippen molar-refractivity contribution in [1.29, 1.82) is 0 Å². The third-order valence-corrected chi connectivity index (χ3v) is 3.79. The Hall–Kier alpha value is -0.670. The average Bonchev–Trinajstić information content (AvgIpc) is 2.16. The molecule has 0 unspecified atom stereocenters. The number of benzene rings is 1. The number of nitrogens with two attached hydrogens (primary N) is 1. The van der Waals surface area contributed by atoms with Gasteiger partial charge in [0.1, 0.15) is 0 Å². The molecule has 0 radical (unpaired) electrons. The van der Waals surface area contributed by atoms with Crippen LogP contribution >= 0.6 is 11.6 Å². The van der Waals surface area contributed by atoms with Crippen molar-refractivity contribution in [2.24, 2.45) is 11.1 Å². The molecule has 1 fully saturated rings. The molecule has 1 aromatic rings. The minimum Gasteiger partial charge on any atom is -0.330 e. The second kappa shape index (κ2) is 3.97. The Morgan fingerprint density at radius 1 is 1.38 bits per heavy atom. The van der Waals surface area contributed by atoms with Gasteiger partial charge in [-0.05, 0) is 25.0 Å². The molecule has 1 aliphatic rings. The Morgan fingerprint density at radius 3 is 2.50 bits per heavy atom. The highest BCUT2D eigenvalue weighted by Gasteiger charge is 2.56. The van der Waals surface area contributed by atoms with Crippen molar-refractivity contribution < 1.29 is 8.78 Å². The number of halogens is 3. The molecule has 2 N–H and O–H groups in total. The highest BCUT2D eigenvalue weighted by molar-refractivity contribution is 6.30. The van der Waals surface area contributed by atoms with E-state index in [1.54, 1.807) is 12.1 Å². The largest absolute Gasteiger partial charge is 0.330 e. The van der Waals surface area contributed by atoms with Gasteiger partial charge in [0.2, 0.25) is 0 Å². The molecule has 0 saturated heterocycles. The van der Waals surface area contributed by atoms with Gasteiger partial charge in [-0.15, -0.1) is 0 Å². The van der Waals surface area contributed by atoms with Crippen LogP contribution in [0.3, 0.4) is 0 Å². The lowest BCUT2D eigenvalue weighted by Gasteiger charge is -2.46. The Kier molecular flexibility index (Phi) is 2.93. The van der Waals surface area contributed by atoms with Crippen molar-refractivity contribution >= 4 is 11.6 Å². The van der Waals surface area contributed by atoms with Gasteiger partial charge in [0.05, 0.1) is 5.41 Å². The summed E-state index contributed by atoms with van der Waals surface area (Å²) >= 11 is 5.74. The van der Waals surface area contributed by atoms with Crippen molar-refractivity contribution in [1.82, 2.24) is 0 Å². The topological polar surface area (TPSA) is 26.0 Å². The van der Waals surface area contributed by atoms with Gasteiger partial charge in [0.25, 0.3) is 5.92 Å². The van der Waals surface area contributed by atoms with E-state index in [-0.39, 0.29) is 12.1 Å². The van der Waals surface area contributed by atoms with Gasteiger partial charge < -0.3 is 5.73 Å². The van der Waals surface area contributed by atoms with Crippen LogP contribution in [0, 0.1) is 5.41 Å². The fourth-order valence-corrected chi connectivity index (χ4v) is 2.43. The van der Waals surface area contributed by atoms with E-state index in [1.807, 2.05) is 0 Å². The predicted octanol–water partition coefficient (Wildman–Crippen LogP) is 3.56. The molecule has 0 atom stereocenters. The summed E-state index contributed by atoms with van der Waals surface area (Å²) in [6.07, 6.45) is 1.80. The van der Waals surface area contributed by atoms with E-state index in [0.29, 0.717) is 17.9 Å². The zero-order chi connectivity index (χ0) is 11.8. The standard InChI is InChI=1S/C12H14ClF2N/c13-10-4-1-3-9(7-10)12(14,15)11(8-16)5-2-6-11/h1,3-4,7H,2,5-6,8,16H2. The number of hydrogen-bond acceptors (Lipinski definition) is 1. The van der Waals surface area contributed by atoms with Gasteiger partial charge in [-0.3, -0.25) is 0 Å². The number of hydrogen-bond donors (Lipinski definition) is 1. The molecule has 0 heterocycles. The van der Waals surface area contributed by atoms with Gasteiger partial charge in [-0.1, -0.05) is 30.2 Å². The summed E-state index contributed by atoms with van der Waals surface area (Å²) in [7, 11) is 0. The lowest BCUT2D eigenvalue weighted by Crippen LogP contribution is -2.49. The van der Waals surface area contributed by atoms with Crippen LogP contribution in [0.25, 0.3) is 0 Å². The first-order chi connectivity index (χ1) is 7.52. The quantitative estimate of drug-likeness (QED) is 0.866. The molecule has 16 heavy (non-hydrogen) atoms. The molecule has 0 spiro atoms. The van der Waals surface area contributed by atoms with Gasteiger partial charge >= 0.3 is 0 Å². The third kappa shape index (κ3) is 1.62. The molecule has 2 rings (SSSR count). The summed E-state index contributed by atoms with van der Waals surface area (Å²) in [5.74, 6) is -2.88. The molecule has 88 valence electrons. The summed E-state index contributed by atoms with van der Waals surface area (Å²) in [4.78, 5) is 0. The maximum atomic E-state index is 14.3. The lowest BCUT2D eigenvalue weighted by molar-refractivity contribution is -0.164. The first-order valence-corrected chi connectivity index (χ1v) is 5.74. The lowest BCUT2D eigenvalue weighted by atomic mass is 9.63. The van der Waals surface area contributed by atoms with Crippen molar-refractivity contribution in [2.75, 3.05) is 6.54 Å². The van der Waals surface area contributed by atoms with Crippen LogP contribution in [-0.4, -0.2) is 6.54 Å². The van der Waals surface area contributed by atoms with Gasteiger partial charge in [0, 0.05) is 17.1 Å². The fourth-order valence-electron chi connectivity index (χ4n) is 2.24. The second-order valence-electron chi connectivity index (χ2n) is 4.42. The van der Waals surface area contributed by atoms with Crippen molar-refractivity contribution in [3.05, 3.63) is 34.9 Å². The number of rotatable bonds is 3. The molecule has 0 bridgehead atoms. The number of alkyl halides is 2. The van der Waals surface area contributed by atoms with Crippen LogP contribution in [0.4, 0.5) is 8.78 Å². The van der Waals surface area contributed by atoms with Gasteiger partial charge in [0.15, 0.2) is 0 Å². The Bertz CT molecular complexity index is 383. The van der Waals surface area contributed by atoms with E-state index in [9.17, 15) is 8.78 Å². The van der Waals surface area contributed by atoms with Crippen LogP contribution in [0.2, 0.25) is 5.02 Å². The summed E-state index contributed by atoms with van der Waals surface area (Å²) in [6, 6.07) is 5.89. The van der Waals surface area contributed by atoms with Crippen LogP contribution in [0.15, 0.2) is 24.3 Å². The molecule has 1 aliphatic carbocycles. The van der Waals surface area contributed by atoms with Crippen molar-refractivity contribution in [3.63, 3.8) is 0 Å². The third-order valence-electron chi connectivity index (χ3n) is 3.55. The van der Waals surface area contributed by atoms with E-state index in [4.69, 9.17) is 17.3 Å². The molecule has 0 aliphatic heterocycles. The van der Waals surface area contributed by atoms with E-state index >= 15 is 0 Å². The summed E-state index contributed by atoms with van der Waals surface area (Å²) in [5.41, 5.74) is 4.44. The Labute approximate surface area is 98.6 Å². The highest BCUT2D eigenvalue weighted by Crippen LogP contribution is 2.56. The Morgan fingerprint density at radius 2 is 2.06 bits per heavy atom.